The predicted molar refractivity (Wildman–Crippen MR) is 161 cm³/mol. The largest absolute Gasteiger partial charge is 0.378 e. The number of amidine groups is 1. The summed E-state index contributed by atoms with van der Waals surface area (Å²) in [6.07, 6.45) is 9.74. The molecule has 1 saturated heterocycles. The van der Waals surface area contributed by atoms with Crippen molar-refractivity contribution in [3.8, 4) is 0 Å². The molecule has 202 valence electrons. The van der Waals surface area contributed by atoms with E-state index in [4.69, 9.17) is 9.98 Å². The molecule has 2 heterocycles. The van der Waals surface area contributed by atoms with Gasteiger partial charge in [-0.25, -0.2) is 4.99 Å². The summed E-state index contributed by atoms with van der Waals surface area (Å²) in [4.78, 5) is 17.0. The fraction of sp³-hybridized carbons (Fsp3) is 0.562. The van der Waals surface area contributed by atoms with Crippen LogP contribution >= 0.6 is 0 Å². The zero-order chi connectivity index (χ0) is 27.1. The number of benzene rings is 1. The van der Waals surface area contributed by atoms with E-state index in [1.165, 1.54) is 28.8 Å². The molecule has 5 heteroatoms. The molecule has 1 aromatic carbocycles. The third kappa shape index (κ3) is 7.15. The summed E-state index contributed by atoms with van der Waals surface area (Å²) in [5, 5.41) is 0. The van der Waals surface area contributed by atoms with E-state index in [0.29, 0.717) is 5.92 Å². The first-order valence-corrected chi connectivity index (χ1v) is 14.1. The van der Waals surface area contributed by atoms with Gasteiger partial charge in [-0.15, -0.1) is 0 Å². The van der Waals surface area contributed by atoms with Crippen molar-refractivity contribution in [3.05, 3.63) is 65.0 Å². The molecule has 2 atom stereocenters. The average molecular weight is 504 g/mol. The lowest BCUT2D eigenvalue weighted by atomic mass is 9.95. The fourth-order valence-corrected chi connectivity index (χ4v) is 5.44. The van der Waals surface area contributed by atoms with Gasteiger partial charge < -0.3 is 14.7 Å². The van der Waals surface area contributed by atoms with Crippen LogP contribution in [0.15, 0.2) is 58.3 Å². The van der Waals surface area contributed by atoms with E-state index < -0.39 is 0 Å². The van der Waals surface area contributed by atoms with E-state index in [2.05, 4.69) is 100 Å². The molecule has 37 heavy (non-hydrogen) atoms. The Morgan fingerprint density at radius 1 is 1.11 bits per heavy atom. The van der Waals surface area contributed by atoms with Gasteiger partial charge in [0.05, 0.1) is 11.8 Å². The molecule has 0 aliphatic carbocycles. The SMILES string of the molecule is C=C1c2cc(CC)ccc2CCCN(C)/C(C)=C/C(N2CC[C@H](C)C2)=N/C(C)=C/C(=NC)C(CC)N1C. The molecule has 0 spiro atoms. The summed E-state index contributed by atoms with van der Waals surface area (Å²) in [6, 6.07) is 7.07. The van der Waals surface area contributed by atoms with Crippen molar-refractivity contribution in [2.75, 3.05) is 40.8 Å². The molecule has 0 saturated carbocycles. The average Bonchev–Trinajstić information content (AvgIpc) is 3.33. The van der Waals surface area contributed by atoms with Crippen molar-refractivity contribution < 1.29 is 0 Å². The molecule has 0 aromatic heterocycles. The van der Waals surface area contributed by atoms with Gasteiger partial charge in [0.2, 0.25) is 0 Å². The molecule has 0 N–H and O–H groups in total. The van der Waals surface area contributed by atoms with Crippen molar-refractivity contribution in [1.29, 1.82) is 0 Å². The van der Waals surface area contributed by atoms with E-state index in [1.54, 1.807) is 0 Å². The summed E-state index contributed by atoms with van der Waals surface area (Å²) in [6.45, 7) is 18.8. The molecule has 2 aliphatic rings. The van der Waals surface area contributed by atoms with Crippen LogP contribution in [0, 0.1) is 5.92 Å². The van der Waals surface area contributed by atoms with Gasteiger partial charge in [-0.3, -0.25) is 4.99 Å². The van der Waals surface area contributed by atoms with Crippen LogP contribution < -0.4 is 0 Å². The lowest BCUT2D eigenvalue weighted by Crippen LogP contribution is -2.36. The van der Waals surface area contributed by atoms with Gasteiger partial charge >= 0.3 is 0 Å². The van der Waals surface area contributed by atoms with Gasteiger partial charge in [0.1, 0.15) is 5.84 Å². The number of likely N-dealkylation sites (tertiary alicyclic amines) is 1. The summed E-state index contributed by atoms with van der Waals surface area (Å²) in [7, 11) is 6.26. The molecule has 1 unspecified atom stereocenters. The first kappa shape index (κ1) is 28.7. The summed E-state index contributed by atoms with van der Waals surface area (Å²) < 4.78 is 0. The second kappa shape index (κ2) is 13.1. The monoisotopic (exact) mass is 503 g/mol. The molecule has 1 aromatic rings. The standard InChI is InChI=1S/C32H49N5/c1-10-27-14-15-28-13-12-17-35(8)25(5)20-32(37-18-16-23(3)22-37)34-24(4)19-30(33-7)31(11-2)36(9)26(6)29(28)21-27/h14-15,19-21,23,31H,6,10-13,16-18,22H2,1-5,7-9H3/b24-19+,25-20+,33-30?,34-32-/t23-,31?/m0/s1. The maximum Gasteiger partial charge on any atom is 0.130 e. The number of aryl methyl sites for hydroxylation is 2. The van der Waals surface area contributed by atoms with Crippen LogP contribution in [0.3, 0.4) is 0 Å². The molecule has 0 radical (unpaired) electrons. The quantitative estimate of drug-likeness (QED) is 0.467. The Kier molecular flexibility index (Phi) is 10.2. The first-order chi connectivity index (χ1) is 17.7. The number of rotatable bonds is 2. The van der Waals surface area contributed by atoms with Gasteiger partial charge in [0.15, 0.2) is 0 Å². The smallest absolute Gasteiger partial charge is 0.130 e. The van der Waals surface area contributed by atoms with Crippen molar-refractivity contribution in [2.24, 2.45) is 15.9 Å². The zero-order valence-electron chi connectivity index (χ0n) is 24.6. The van der Waals surface area contributed by atoms with Crippen LogP contribution in [-0.2, 0) is 12.8 Å². The lowest BCUT2D eigenvalue weighted by Gasteiger charge is -2.32. The third-order valence-corrected chi connectivity index (χ3v) is 8.05. The Morgan fingerprint density at radius 3 is 2.49 bits per heavy atom. The molecular formula is C32H49N5. The molecule has 2 aliphatic heterocycles. The van der Waals surface area contributed by atoms with E-state index in [0.717, 1.165) is 68.3 Å². The number of aliphatic imine (C=N–C) groups is 2. The van der Waals surface area contributed by atoms with E-state index in [1.807, 2.05) is 7.05 Å². The third-order valence-electron chi connectivity index (χ3n) is 8.05. The number of allylic oxidation sites excluding steroid dienone is 2. The minimum atomic E-state index is 0.132. The predicted octanol–water partition coefficient (Wildman–Crippen LogP) is 6.43. The molecular weight excluding hydrogens is 454 g/mol. The van der Waals surface area contributed by atoms with Gasteiger partial charge in [0, 0.05) is 63.4 Å². The number of fused-ring (bicyclic) bond motifs is 1. The van der Waals surface area contributed by atoms with Crippen LogP contribution in [0.4, 0.5) is 0 Å². The summed E-state index contributed by atoms with van der Waals surface area (Å²) in [5.74, 6) is 1.76. The molecule has 0 amide bonds. The number of nitrogens with zero attached hydrogens (tertiary/aromatic N) is 5. The second-order valence-electron chi connectivity index (χ2n) is 10.9. The lowest BCUT2D eigenvalue weighted by molar-refractivity contribution is 0.407. The van der Waals surface area contributed by atoms with E-state index in [-0.39, 0.29) is 6.04 Å². The Morgan fingerprint density at radius 2 is 1.86 bits per heavy atom. The van der Waals surface area contributed by atoms with Gasteiger partial charge in [-0.2, -0.15) is 0 Å². The Bertz CT molecular complexity index is 1080. The minimum Gasteiger partial charge on any atom is -0.378 e. The summed E-state index contributed by atoms with van der Waals surface area (Å²) >= 11 is 0. The highest BCUT2D eigenvalue weighted by Gasteiger charge is 2.23. The van der Waals surface area contributed by atoms with Crippen LogP contribution in [0.1, 0.15) is 70.6 Å². The van der Waals surface area contributed by atoms with Crippen LogP contribution in [-0.4, -0.2) is 73.1 Å². The van der Waals surface area contributed by atoms with Gasteiger partial charge in [-0.05, 0) is 81.2 Å². The Balaban J connectivity index is 2.10. The molecule has 5 nitrogen and oxygen atoms in total. The molecule has 3 rings (SSSR count). The van der Waals surface area contributed by atoms with E-state index >= 15 is 0 Å². The number of hydrogen-bond donors (Lipinski definition) is 0. The van der Waals surface area contributed by atoms with Crippen molar-refractivity contribution in [3.63, 3.8) is 0 Å². The fourth-order valence-electron chi connectivity index (χ4n) is 5.44. The zero-order valence-corrected chi connectivity index (χ0v) is 24.6. The molecule has 1 fully saturated rings. The highest BCUT2D eigenvalue weighted by atomic mass is 15.2. The topological polar surface area (TPSA) is 34.4 Å². The Hall–Kier alpha value is -2.82. The van der Waals surface area contributed by atoms with Gasteiger partial charge in [-0.1, -0.05) is 39.5 Å². The highest BCUT2D eigenvalue weighted by Crippen LogP contribution is 2.27. The second-order valence-corrected chi connectivity index (χ2v) is 10.9. The molecule has 0 bridgehead atoms. The highest BCUT2D eigenvalue weighted by molar-refractivity contribution is 6.01. The van der Waals surface area contributed by atoms with Crippen molar-refractivity contribution in [2.45, 2.75) is 72.8 Å². The van der Waals surface area contributed by atoms with Crippen LogP contribution in [0.5, 0.6) is 0 Å². The summed E-state index contributed by atoms with van der Waals surface area (Å²) in [5.41, 5.74) is 8.34. The maximum absolute atomic E-state index is 5.16. The van der Waals surface area contributed by atoms with Crippen LogP contribution in [0.25, 0.3) is 5.70 Å². The van der Waals surface area contributed by atoms with Crippen molar-refractivity contribution >= 4 is 17.2 Å². The first-order valence-electron chi connectivity index (χ1n) is 14.1. The normalized spacial score (nSPS) is 27.9. The van der Waals surface area contributed by atoms with Crippen molar-refractivity contribution in [1.82, 2.24) is 14.7 Å². The van der Waals surface area contributed by atoms with E-state index in [9.17, 15) is 0 Å². The number of hydrogen-bond acceptors (Lipinski definition) is 5. The Labute approximate surface area is 226 Å². The van der Waals surface area contributed by atoms with Gasteiger partial charge in [0.25, 0.3) is 0 Å². The maximum atomic E-state index is 5.16. The minimum absolute atomic E-state index is 0.132. The van der Waals surface area contributed by atoms with Crippen LogP contribution in [0.2, 0.25) is 0 Å².